The molecule has 0 aliphatic heterocycles. The number of rotatable bonds is 5. The number of aromatic nitrogens is 2. The largest absolute Gasteiger partial charge is 0.384 e. The van der Waals surface area contributed by atoms with Crippen LogP contribution in [0.3, 0.4) is 0 Å². The Morgan fingerprint density at radius 1 is 1.30 bits per heavy atom. The Bertz CT molecular complexity index is 594. The zero-order chi connectivity index (χ0) is 14.5. The van der Waals surface area contributed by atoms with Crippen molar-refractivity contribution in [1.82, 2.24) is 9.97 Å². The Morgan fingerprint density at radius 3 is 2.70 bits per heavy atom. The minimum atomic E-state index is 0.0342. The molecule has 0 aromatic carbocycles. The van der Waals surface area contributed by atoms with E-state index in [0.29, 0.717) is 12.1 Å². The molecule has 2 rings (SSSR count). The van der Waals surface area contributed by atoms with Crippen LogP contribution < -0.4 is 10.6 Å². The second kappa shape index (κ2) is 6.14. The summed E-state index contributed by atoms with van der Waals surface area (Å²) in [4.78, 5) is 10.9. The molecule has 5 heteroatoms. The molecule has 3 N–H and O–H groups in total. The number of nitrogen functional groups attached to an aromatic ring is 1. The third-order valence-electron chi connectivity index (χ3n) is 3.06. The highest BCUT2D eigenvalue weighted by atomic mass is 15.2. The van der Waals surface area contributed by atoms with Gasteiger partial charge in [-0.15, -0.1) is 0 Å². The van der Waals surface area contributed by atoms with Gasteiger partial charge in [-0.1, -0.05) is 6.07 Å². The van der Waals surface area contributed by atoms with Crippen LogP contribution in [0, 0.1) is 12.3 Å². The van der Waals surface area contributed by atoms with Crippen LogP contribution in [0.15, 0.2) is 36.5 Å². The first-order valence-electron chi connectivity index (χ1n) is 6.58. The van der Waals surface area contributed by atoms with E-state index in [9.17, 15) is 0 Å². The van der Waals surface area contributed by atoms with E-state index >= 15 is 0 Å². The number of pyridine rings is 2. The van der Waals surface area contributed by atoms with Gasteiger partial charge in [-0.2, -0.15) is 0 Å². The van der Waals surface area contributed by atoms with Crippen LogP contribution >= 0.6 is 0 Å². The van der Waals surface area contributed by atoms with Crippen molar-refractivity contribution < 1.29 is 0 Å². The fraction of sp³-hybridized carbons (Fsp3) is 0.267. The third kappa shape index (κ3) is 3.12. The quantitative estimate of drug-likeness (QED) is 0.643. The lowest BCUT2D eigenvalue weighted by Crippen LogP contribution is -2.27. The summed E-state index contributed by atoms with van der Waals surface area (Å²) in [5.41, 5.74) is 8.18. The van der Waals surface area contributed by atoms with E-state index in [0.717, 1.165) is 23.8 Å². The van der Waals surface area contributed by atoms with Crippen molar-refractivity contribution in [2.45, 2.75) is 20.4 Å². The van der Waals surface area contributed by atoms with E-state index in [-0.39, 0.29) is 5.84 Å². The molecule has 0 saturated carbocycles. The molecule has 0 amide bonds. The van der Waals surface area contributed by atoms with Crippen molar-refractivity contribution in [3.05, 3.63) is 53.5 Å². The lowest BCUT2D eigenvalue weighted by molar-refractivity contribution is 0.790. The molecule has 0 fully saturated rings. The Balaban J connectivity index is 2.36. The zero-order valence-electron chi connectivity index (χ0n) is 11.8. The molecule has 0 unspecified atom stereocenters. The Hall–Kier alpha value is -2.43. The summed E-state index contributed by atoms with van der Waals surface area (Å²) in [6.45, 7) is 5.40. The van der Waals surface area contributed by atoms with Crippen LogP contribution in [0.2, 0.25) is 0 Å². The van der Waals surface area contributed by atoms with Gasteiger partial charge in [-0.25, -0.2) is 4.98 Å². The Kier molecular flexibility index (Phi) is 4.30. The van der Waals surface area contributed by atoms with E-state index in [1.165, 1.54) is 0 Å². The molecular weight excluding hydrogens is 250 g/mol. The van der Waals surface area contributed by atoms with E-state index in [4.69, 9.17) is 11.1 Å². The zero-order valence-corrected chi connectivity index (χ0v) is 11.8. The minimum Gasteiger partial charge on any atom is -0.384 e. The van der Waals surface area contributed by atoms with Crippen molar-refractivity contribution in [2.75, 3.05) is 11.4 Å². The standard InChI is InChI=1S/C15H19N5/c1-3-20(10-12-6-4-5-9-18-12)15-13(14(16)17)8-7-11(2)19-15/h4-9H,3,10H2,1-2H3,(H3,16,17). The normalized spacial score (nSPS) is 10.3. The summed E-state index contributed by atoms with van der Waals surface area (Å²) in [5.74, 6) is 0.776. The van der Waals surface area contributed by atoms with Gasteiger partial charge in [0, 0.05) is 18.4 Å². The third-order valence-corrected chi connectivity index (χ3v) is 3.06. The highest BCUT2D eigenvalue weighted by Crippen LogP contribution is 2.19. The lowest BCUT2D eigenvalue weighted by Gasteiger charge is -2.24. The molecular formula is C15H19N5. The molecule has 0 aliphatic carbocycles. The van der Waals surface area contributed by atoms with Crippen molar-refractivity contribution in [3.8, 4) is 0 Å². The number of hydrogen-bond acceptors (Lipinski definition) is 4. The first-order valence-corrected chi connectivity index (χ1v) is 6.58. The molecule has 0 atom stereocenters. The molecule has 2 aromatic heterocycles. The molecule has 0 spiro atoms. The minimum absolute atomic E-state index is 0.0342. The van der Waals surface area contributed by atoms with Crippen LogP contribution in [-0.2, 0) is 6.54 Å². The highest BCUT2D eigenvalue weighted by Gasteiger charge is 2.14. The van der Waals surface area contributed by atoms with Crippen LogP contribution in [0.25, 0.3) is 0 Å². The summed E-state index contributed by atoms with van der Waals surface area (Å²) < 4.78 is 0. The maximum absolute atomic E-state index is 7.69. The van der Waals surface area contributed by atoms with Gasteiger partial charge in [0.25, 0.3) is 0 Å². The molecule has 5 nitrogen and oxygen atoms in total. The molecule has 0 aliphatic rings. The molecule has 2 aromatic rings. The maximum atomic E-state index is 7.69. The number of hydrogen-bond donors (Lipinski definition) is 2. The van der Waals surface area contributed by atoms with Gasteiger partial charge >= 0.3 is 0 Å². The molecule has 0 bridgehead atoms. The van der Waals surface area contributed by atoms with E-state index in [1.807, 2.05) is 37.3 Å². The van der Waals surface area contributed by atoms with Crippen molar-refractivity contribution in [1.29, 1.82) is 5.41 Å². The number of nitrogens with zero attached hydrogens (tertiary/aromatic N) is 3. The van der Waals surface area contributed by atoms with Crippen molar-refractivity contribution >= 4 is 11.7 Å². The van der Waals surface area contributed by atoms with Crippen LogP contribution in [-0.4, -0.2) is 22.3 Å². The summed E-state index contributed by atoms with van der Waals surface area (Å²) >= 11 is 0. The first kappa shape index (κ1) is 14.0. The van der Waals surface area contributed by atoms with Gasteiger partial charge in [0.15, 0.2) is 0 Å². The molecule has 0 radical (unpaired) electrons. The van der Waals surface area contributed by atoms with Gasteiger partial charge in [0.1, 0.15) is 11.7 Å². The lowest BCUT2D eigenvalue weighted by atomic mass is 10.2. The second-order valence-corrected chi connectivity index (χ2v) is 4.57. The SMILES string of the molecule is CCN(Cc1ccccn1)c1nc(C)ccc1C(=N)N. The van der Waals surface area contributed by atoms with E-state index in [2.05, 4.69) is 21.8 Å². The number of aryl methyl sites for hydroxylation is 1. The van der Waals surface area contributed by atoms with Crippen LogP contribution in [0.1, 0.15) is 23.9 Å². The molecule has 2 heterocycles. The number of nitrogens with two attached hydrogens (primary N) is 1. The smallest absolute Gasteiger partial charge is 0.140 e. The van der Waals surface area contributed by atoms with Gasteiger partial charge in [0.2, 0.25) is 0 Å². The van der Waals surface area contributed by atoms with Gasteiger partial charge in [0.05, 0.1) is 17.8 Å². The monoisotopic (exact) mass is 269 g/mol. The van der Waals surface area contributed by atoms with Crippen molar-refractivity contribution in [2.24, 2.45) is 5.73 Å². The average molecular weight is 269 g/mol. The Labute approximate surface area is 119 Å². The number of amidine groups is 1. The predicted octanol–water partition coefficient (Wildman–Crippen LogP) is 2.10. The fourth-order valence-corrected chi connectivity index (χ4v) is 2.02. The van der Waals surface area contributed by atoms with Crippen LogP contribution in [0.5, 0.6) is 0 Å². The highest BCUT2D eigenvalue weighted by molar-refractivity contribution is 5.99. The van der Waals surface area contributed by atoms with E-state index in [1.54, 1.807) is 6.20 Å². The summed E-state index contributed by atoms with van der Waals surface area (Å²) in [6.07, 6.45) is 1.78. The molecule has 104 valence electrons. The van der Waals surface area contributed by atoms with Crippen molar-refractivity contribution in [3.63, 3.8) is 0 Å². The van der Waals surface area contributed by atoms with Gasteiger partial charge in [-0.3, -0.25) is 10.4 Å². The number of anilines is 1. The first-order chi connectivity index (χ1) is 9.61. The summed E-state index contributed by atoms with van der Waals surface area (Å²) in [6, 6.07) is 9.55. The molecule has 0 saturated heterocycles. The maximum Gasteiger partial charge on any atom is 0.140 e. The number of nitrogens with one attached hydrogen (secondary N) is 1. The topological polar surface area (TPSA) is 78.9 Å². The molecule has 20 heavy (non-hydrogen) atoms. The van der Waals surface area contributed by atoms with Crippen LogP contribution in [0.4, 0.5) is 5.82 Å². The van der Waals surface area contributed by atoms with Gasteiger partial charge in [-0.05, 0) is 38.1 Å². The summed E-state index contributed by atoms with van der Waals surface area (Å²) in [7, 11) is 0. The van der Waals surface area contributed by atoms with E-state index < -0.39 is 0 Å². The van der Waals surface area contributed by atoms with Gasteiger partial charge < -0.3 is 10.6 Å². The average Bonchev–Trinajstić information content (AvgIpc) is 2.45. The fourth-order valence-electron chi connectivity index (χ4n) is 2.02. The Morgan fingerprint density at radius 2 is 2.10 bits per heavy atom. The predicted molar refractivity (Wildman–Crippen MR) is 81.0 cm³/mol. The second-order valence-electron chi connectivity index (χ2n) is 4.57. The summed E-state index contributed by atoms with van der Waals surface area (Å²) in [5, 5.41) is 7.69.